The molecule has 0 aliphatic heterocycles. The molecule has 1 N–H and O–H groups in total. The summed E-state index contributed by atoms with van der Waals surface area (Å²) in [5.41, 5.74) is 0.779. The summed E-state index contributed by atoms with van der Waals surface area (Å²) >= 11 is 0. The number of rotatable bonds is 9. The molecule has 0 aromatic carbocycles. The Morgan fingerprint density at radius 3 is 2.29 bits per heavy atom. The van der Waals surface area contributed by atoms with Gasteiger partial charge in [-0.05, 0) is 18.8 Å². The van der Waals surface area contributed by atoms with Gasteiger partial charge in [0.05, 0.1) is 0 Å². The number of hydrogen-bond acceptors (Lipinski definition) is 1. The number of unbranched alkanes of at least 4 members (excludes halogenated alkanes) is 4. The molecule has 100 valence electrons. The molecule has 0 aromatic rings. The zero-order valence-corrected chi connectivity index (χ0v) is 12.1. The Morgan fingerprint density at radius 2 is 1.76 bits per heavy atom. The molecule has 0 atom stereocenters. The van der Waals surface area contributed by atoms with Crippen LogP contribution in [0.5, 0.6) is 0 Å². The van der Waals surface area contributed by atoms with Crippen LogP contribution in [0.15, 0.2) is 12.2 Å². The Labute approximate surface area is 107 Å². The normalized spacial score (nSPS) is 11.3. The molecule has 0 rings (SSSR count). The second kappa shape index (κ2) is 8.32. The fraction of sp³-hybridized carbons (Fsp3) is 0.800. The van der Waals surface area contributed by atoms with Crippen molar-refractivity contribution in [3.05, 3.63) is 12.2 Å². The van der Waals surface area contributed by atoms with Crippen molar-refractivity contribution in [1.82, 2.24) is 5.32 Å². The van der Waals surface area contributed by atoms with Crippen molar-refractivity contribution in [1.29, 1.82) is 0 Å². The van der Waals surface area contributed by atoms with E-state index in [1.807, 2.05) is 0 Å². The zero-order chi connectivity index (χ0) is 13.3. The van der Waals surface area contributed by atoms with Crippen LogP contribution in [0.4, 0.5) is 0 Å². The number of amides is 1. The summed E-state index contributed by atoms with van der Waals surface area (Å²) in [6.07, 6.45) is 7.71. The Morgan fingerprint density at radius 1 is 1.18 bits per heavy atom. The molecule has 0 spiro atoms. The number of hydrogen-bond donors (Lipinski definition) is 1. The van der Waals surface area contributed by atoms with Crippen LogP contribution in [0, 0.1) is 5.41 Å². The fourth-order valence-electron chi connectivity index (χ4n) is 1.77. The van der Waals surface area contributed by atoms with Crippen molar-refractivity contribution in [2.45, 2.75) is 66.2 Å². The van der Waals surface area contributed by atoms with Crippen molar-refractivity contribution in [2.24, 2.45) is 5.41 Å². The molecular formula is C15H29NO. The van der Waals surface area contributed by atoms with Crippen LogP contribution in [0.3, 0.4) is 0 Å². The van der Waals surface area contributed by atoms with E-state index in [0.717, 1.165) is 6.54 Å². The minimum absolute atomic E-state index is 0.0240. The van der Waals surface area contributed by atoms with E-state index in [2.05, 4.69) is 32.7 Å². The molecular weight excluding hydrogens is 210 g/mol. The lowest BCUT2D eigenvalue weighted by Crippen LogP contribution is -2.34. The smallest absolute Gasteiger partial charge is 0.246 e. The molecule has 0 unspecified atom stereocenters. The van der Waals surface area contributed by atoms with Crippen molar-refractivity contribution < 1.29 is 4.79 Å². The molecule has 17 heavy (non-hydrogen) atoms. The van der Waals surface area contributed by atoms with Crippen LogP contribution in [-0.4, -0.2) is 12.5 Å². The van der Waals surface area contributed by atoms with Gasteiger partial charge in [-0.3, -0.25) is 4.79 Å². The molecule has 0 saturated heterocycles. The molecule has 0 radical (unpaired) electrons. The largest absolute Gasteiger partial charge is 0.352 e. The Kier molecular flexibility index (Phi) is 7.94. The zero-order valence-electron chi connectivity index (χ0n) is 12.1. The standard InChI is InChI=1S/C15H29NO/c1-6-7-8-9-10-11-15(4,5)12-16-14(17)13(2)3/h2,6-12H2,1,3-5H3,(H,16,17). The molecule has 0 fully saturated rings. The highest BCUT2D eigenvalue weighted by Gasteiger charge is 2.18. The second-order valence-corrected chi connectivity index (χ2v) is 5.79. The van der Waals surface area contributed by atoms with Gasteiger partial charge in [0.1, 0.15) is 0 Å². The van der Waals surface area contributed by atoms with Gasteiger partial charge in [0.2, 0.25) is 5.91 Å². The summed E-state index contributed by atoms with van der Waals surface area (Å²) in [4.78, 5) is 11.4. The third kappa shape index (κ3) is 8.96. The summed E-state index contributed by atoms with van der Waals surface area (Å²) in [7, 11) is 0. The number of nitrogens with one attached hydrogen (secondary N) is 1. The lowest BCUT2D eigenvalue weighted by molar-refractivity contribution is -0.117. The van der Waals surface area contributed by atoms with Crippen molar-refractivity contribution in [3.63, 3.8) is 0 Å². The summed E-state index contributed by atoms with van der Waals surface area (Å²) in [6, 6.07) is 0. The van der Waals surface area contributed by atoms with E-state index in [1.165, 1.54) is 38.5 Å². The van der Waals surface area contributed by atoms with Gasteiger partial charge >= 0.3 is 0 Å². The second-order valence-electron chi connectivity index (χ2n) is 5.79. The van der Waals surface area contributed by atoms with Crippen LogP contribution >= 0.6 is 0 Å². The van der Waals surface area contributed by atoms with Gasteiger partial charge in [0, 0.05) is 12.1 Å². The molecule has 2 heteroatoms. The van der Waals surface area contributed by atoms with E-state index >= 15 is 0 Å². The Bertz CT molecular complexity index is 243. The quantitative estimate of drug-likeness (QED) is 0.477. The van der Waals surface area contributed by atoms with E-state index in [9.17, 15) is 4.79 Å². The third-order valence-electron chi connectivity index (χ3n) is 3.07. The van der Waals surface area contributed by atoms with E-state index in [-0.39, 0.29) is 11.3 Å². The summed E-state index contributed by atoms with van der Waals surface area (Å²) < 4.78 is 0. The molecule has 0 aliphatic rings. The van der Waals surface area contributed by atoms with Gasteiger partial charge in [0.15, 0.2) is 0 Å². The summed E-state index contributed by atoms with van der Waals surface area (Å²) in [5.74, 6) is -0.0240. The lowest BCUT2D eigenvalue weighted by Gasteiger charge is -2.25. The monoisotopic (exact) mass is 239 g/mol. The van der Waals surface area contributed by atoms with Crippen LogP contribution in [0.25, 0.3) is 0 Å². The number of carbonyl (C=O) groups excluding carboxylic acids is 1. The molecule has 0 aliphatic carbocycles. The van der Waals surface area contributed by atoms with Gasteiger partial charge < -0.3 is 5.32 Å². The minimum atomic E-state index is -0.0240. The van der Waals surface area contributed by atoms with Crippen molar-refractivity contribution in [2.75, 3.05) is 6.54 Å². The van der Waals surface area contributed by atoms with Gasteiger partial charge in [-0.1, -0.05) is 59.5 Å². The van der Waals surface area contributed by atoms with Gasteiger partial charge in [0.25, 0.3) is 0 Å². The molecule has 0 saturated carbocycles. The highest BCUT2D eigenvalue weighted by atomic mass is 16.1. The maximum absolute atomic E-state index is 11.4. The summed E-state index contributed by atoms with van der Waals surface area (Å²) in [5, 5.41) is 2.94. The first-order chi connectivity index (χ1) is 7.89. The molecule has 0 aromatic heterocycles. The van der Waals surface area contributed by atoms with Gasteiger partial charge in [-0.15, -0.1) is 0 Å². The minimum Gasteiger partial charge on any atom is -0.352 e. The van der Waals surface area contributed by atoms with Crippen LogP contribution in [0.2, 0.25) is 0 Å². The average Bonchev–Trinajstić information content (AvgIpc) is 2.25. The number of carbonyl (C=O) groups is 1. The van der Waals surface area contributed by atoms with Gasteiger partial charge in [-0.25, -0.2) is 0 Å². The predicted octanol–water partition coefficient (Wildman–Crippen LogP) is 4.07. The molecule has 0 bridgehead atoms. The summed E-state index contributed by atoms with van der Waals surface area (Å²) in [6.45, 7) is 12.8. The van der Waals surface area contributed by atoms with E-state index in [1.54, 1.807) is 6.92 Å². The van der Waals surface area contributed by atoms with Crippen LogP contribution in [0.1, 0.15) is 66.2 Å². The van der Waals surface area contributed by atoms with Crippen LogP contribution < -0.4 is 5.32 Å². The topological polar surface area (TPSA) is 29.1 Å². The highest BCUT2D eigenvalue weighted by molar-refractivity contribution is 5.92. The van der Waals surface area contributed by atoms with E-state index in [0.29, 0.717) is 5.57 Å². The van der Waals surface area contributed by atoms with Crippen molar-refractivity contribution >= 4 is 5.91 Å². The highest BCUT2D eigenvalue weighted by Crippen LogP contribution is 2.23. The first-order valence-corrected chi connectivity index (χ1v) is 6.83. The Balaban J connectivity index is 3.72. The van der Waals surface area contributed by atoms with E-state index in [4.69, 9.17) is 0 Å². The third-order valence-corrected chi connectivity index (χ3v) is 3.07. The first-order valence-electron chi connectivity index (χ1n) is 6.83. The molecule has 2 nitrogen and oxygen atoms in total. The molecule has 1 amide bonds. The van der Waals surface area contributed by atoms with E-state index < -0.39 is 0 Å². The molecule has 0 heterocycles. The maximum Gasteiger partial charge on any atom is 0.246 e. The maximum atomic E-state index is 11.4. The van der Waals surface area contributed by atoms with Gasteiger partial charge in [-0.2, -0.15) is 0 Å². The average molecular weight is 239 g/mol. The fourth-order valence-corrected chi connectivity index (χ4v) is 1.77. The SMILES string of the molecule is C=C(C)C(=O)NCC(C)(C)CCCCCCC. The van der Waals surface area contributed by atoms with Crippen LogP contribution in [-0.2, 0) is 4.79 Å². The predicted molar refractivity (Wildman–Crippen MR) is 75.0 cm³/mol. The Hall–Kier alpha value is -0.790. The first kappa shape index (κ1) is 16.2. The lowest BCUT2D eigenvalue weighted by atomic mass is 9.86. The van der Waals surface area contributed by atoms with Crippen molar-refractivity contribution in [3.8, 4) is 0 Å².